The van der Waals surface area contributed by atoms with Crippen LogP contribution in [0.5, 0.6) is 0 Å². The van der Waals surface area contributed by atoms with Gasteiger partial charge < -0.3 is 15.5 Å². The molecule has 1 amide bonds. The molecule has 0 aromatic carbocycles. The second-order valence-corrected chi connectivity index (χ2v) is 8.12. The van der Waals surface area contributed by atoms with Crippen molar-refractivity contribution >= 4 is 21.7 Å². The topological polar surface area (TPSA) is 90.9 Å². The van der Waals surface area contributed by atoms with Gasteiger partial charge in [0, 0.05) is 45.4 Å². The molecule has 0 aromatic heterocycles. The van der Waals surface area contributed by atoms with Crippen molar-refractivity contribution in [3.05, 3.63) is 0 Å². The van der Waals surface area contributed by atoms with Crippen molar-refractivity contribution in [2.45, 2.75) is 39.0 Å². The molecule has 8 heteroatoms. The fourth-order valence-electron chi connectivity index (χ4n) is 2.42. The first kappa shape index (κ1) is 19.7. The standard InChI is InChI=1S/C15H30N4O3S/c1-3-16-15(18-10-13-23(2,21)22)17-9-7-12-19-11-6-4-5-8-14(19)20/h3-13H2,1-2H3,(H2,16,17,18). The summed E-state index contributed by atoms with van der Waals surface area (Å²) in [5, 5.41) is 6.10. The molecule has 1 heterocycles. The van der Waals surface area contributed by atoms with Crippen LogP contribution in [0.2, 0.25) is 0 Å². The molecule has 7 nitrogen and oxygen atoms in total. The third kappa shape index (κ3) is 9.43. The third-order valence-corrected chi connectivity index (χ3v) is 4.58. The van der Waals surface area contributed by atoms with Crippen LogP contribution in [0.4, 0.5) is 0 Å². The summed E-state index contributed by atoms with van der Waals surface area (Å²) < 4.78 is 22.3. The molecule has 1 fully saturated rings. The molecule has 2 N–H and O–H groups in total. The quantitative estimate of drug-likeness (QED) is 0.377. The Morgan fingerprint density at radius 2 is 2.04 bits per heavy atom. The largest absolute Gasteiger partial charge is 0.357 e. The highest BCUT2D eigenvalue weighted by Crippen LogP contribution is 2.11. The molecule has 134 valence electrons. The lowest BCUT2D eigenvalue weighted by Crippen LogP contribution is -2.39. The molecule has 0 spiro atoms. The second-order valence-electron chi connectivity index (χ2n) is 5.86. The number of amides is 1. The number of hydrogen-bond donors (Lipinski definition) is 2. The van der Waals surface area contributed by atoms with Crippen LogP contribution in [-0.4, -0.2) is 69.9 Å². The van der Waals surface area contributed by atoms with Gasteiger partial charge in [-0.3, -0.25) is 9.79 Å². The van der Waals surface area contributed by atoms with Crippen LogP contribution in [0, 0.1) is 0 Å². The molecule has 0 radical (unpaired) electrons. The average Bonchev–Trinajstić information content (AvgIpc) is 2.67. The summed E-state index contributed by atoms with van der Waals surface area (Å²) in [4.78, 5) is 18.3. The summed E-state index contributed by atoms with van der Waals surface area (Å²) in [7, 11) is -2.97. The van der Waals surface area contributed by atoms with Crippen LogP contribution in [-0.2, 0) is 14.6 Å². The molecule has 0 aliphatic carbocycles. The maximum atomic E-state index is 11.9. The number of sulfone groups is 1. The van der Waals surface area contributed by atoms with E-state index in [1.165, 1.54) is 6.26 Å². The zero-order valence-electron chi connectivity index (χ0n) is 14.3. The number of carbonyl (C=O) groups excluding carboxylic acids is 1. The van der Waals surface area contributed by atoms with E-state index in [-0.39, 0.29) is 11.7 Å². The normalized spacial score (nSPS) is 17.0. The smallest absolute Gasteiger partial charge is 0.222 e. The Morgan fingerprint density at radius 1 is 1.26 bits per heavy atom. The first-order valence-corrected chi connectivity index (χ1v) is 10.5. The minimum Gasteiger partial charge on any atom is -0.357 e. The fourth-order valence-corrected chi connectivity index (χ4v) is 2.90. The Balaban J connectivity index is 2.33. The summed E-state index contributed by atoms with van der Waals surface area (Å²) in [5.74, 6) is 0.961. The number of carbonyl (C=O) groups is 1. The fraction of sp³-hybridized carbons (Fsp3) is 0.867. The Bertz CT molecular complexity index is 491. The molecule has 1 aliphatic rings. The van der Waals surface area contributed by atoms with E-state index in [9.17, 15) is 13.2 Å². The highest BCUT2D eigenvalue weighted by Gasteiger charge is 2.15. The minimum absolute atomic E-state index is 0.0830. The molecule has 0 saturated carbocycles. The van der Waals surface area contributed by atoms with E-state index in [1.807, 2.05) is 11.8 Å². The van der Waals surface area contributed by atoms with Gasteiger partial charge in [-0.25, -0.2) is 8.42 Å². The molecule has 1 aliphatic heterocycles. The Hall–Kier alpha value is -1.31. The van der Waals surface area contributed by atoms with Crippen molar-refractivity contribution in [2.24, 2.45) is 4.99 Å². The maximum Gasteiger partial charge on any atom is 0.222 e. The van der Waals surface area contributed by atoms with E-state index in [2.05, 4.69) is 15.6 Å². The number of aliphatic imine (C=N–C) groups is 1. The SMILES string of the molecule is CCNC(=NCCCN1CCCCCC1=O)NCCS(C)(=O)=O. The monoisotopic (exact) mass is 346 g/mol. The number of likely N-dealkylation sites (tertiary alicyclic amines) is 1. The van der Waals surface area contributed by atoms with E-state index >= 15 is 0 Å². The van der Waals surface area contributed by atoms with Crippen molar-refractivity contribution in [3.63, 3.8) is 0 Å². The lowest BCUT2D eigenvalue weighted by atomic mass is 10.2. The predicted octanol–water partition coefficient (Wildman–Crippen LogP) is 0.379. The van der Waals surface area contributed by atoms with Crippen molar-refractivity contribution in [3.8, 4) is 0 Å². The van der Waals surface area contributed by atoms with Gasteiger partial charge in [0.1, 0.15) is 9.84 Å². The van der Waals surface area contributed by atoms with Gasteiger partial charge in [-0.1, -0.05) is 6.42 Å². The molecule has 1 rings (SSSR count). The minimum atomic E-state index is -2.97. The Morgan fingerprint density at radius 3 is 2.74 bits per heavy atom. The summed E-state index contributed by atoms with van der Waals surface area (Å²) in [6, 6.07) is 0. The van der Waals surface area contributed by atoms with Gasteiger partial charge in [0.15, 0.2) is 5.96 Å². The van der Waals surface area contributed by atoms with Crippen LogP contribution in [0.3, 0.4) is 0 Å². The van der Waals surface area contributed by atoms with Gasteiger partial charge in [0.2, 0.25) is 5.91 Å². The van der Waals surface area contributed by atoms with E-state index in [1.54, 1.807) is 0 Å². The summed E-state index contributed by atoms with van der Waals surface area (Å²) in [6.07, 6.45) is 5.92. The van der Waals surface area contributed by atoms with E-state index < -0.39 is 9.84 Å². The van der Waals surface area contributed by atoms with Crippen molar-refractivity contribution in [2.75, 3.05) is 44.7 Å². The van der Waals surface area contributed by atoms with Crippen LogP contribution in [0.25, 0.3) is 0 Å². The number of rotatable bonds is 8. The lowest BCUT2D eigenvalue weighted by molar-refractivity contribution is -0.130. The van der Waals surface area contributed by atoms with Crippen molar-refractivity contribution in [1.29, 1.82) is 0 Å². The van der Waals surface area contributed by atoms with E-state index in [4.69, 9.17) is 0 Å². The summed E-state index contributed by atoms with van der Waals surface area (Å²) >= 11 is 0. The number of nitrogens with zero attached hydrogens (tertiary/aromatic N) is 2. The Labute approximate surface area is 139 Å². The molecule has 0 atom stereocenters. The van der Waals surface area contributed by atoms with Gasteiger partial charge in [-0.2, -0.15) is 0 Å². The lowest BCUT2D eigenvalue weighted by Gasteiger charge is -2.20. The third-order valence-electron chi connectivity index (χ3n) is 3.64. The van der Waals surface area contributed by atoms with Crippen LogP contribution < -0.4 is 10.6 Å². The zero-order chi connectivity index (χ0) is 17.1. The van der Waals surface area contributed by atoms with Gasteiger partial charge in [-0.15, -0.1) is 0 Å². The van der Waals surface area contributed by atoms with Crippen molar-refractivity contribution < 1.29 is 13.2 Å². The number of guanidine groups is 1. The highest BCUT2D eigenvalue weighted by atomic mass is 32.2. The Kier molecular flexibility index (Phi) is 8.98. The molecule has 23 heavy (non-hydrogen) atoms. The first-order chi connectivity index (χ1) is 10.9. The molecule has 0 unspecified atom stereocenters. The zero-order valence-corrected chi connectivity index (χ0v) is 15.1. The molecule has 0 bridgehead atoms. The molecule has 0 aromatic rings. The molecular weight excluding hydrogens is 316 g/mol. The summed E-state index contributed by atoms with van der Waals surface area (Å²) in [6.45, 7) is 5.23. The van der Waals surface area contributed by atoms with Gasteiger partial charge >= 0.3 is 0 Å². The summed E-state index contributed by atoms with van der Waals surface area (Å²) in [5.41, 5.74) is 0. The van der Waals surface area contributed by atoms with E-state index in [0.717, 1.165) is 45.3 Å². The number of hydrogen-bond acceptors (Lipinski definition) is 4. The maximum absolute atomic E-state index is 11.9. The van der Waals surface area contributed by atoms with Gasteiger partial charge in [-0.05, 0) is 26.2 Å². The van der Waals surface area contributed by atoms with Crippen LogP contribution >= 0.6 is 0 Å². The second kappa shape index (κ2) is 10.5. The van der Waals surface area contributed by atoms with Gasteiger partial charge in [0.05, 0.1) is 5.75 Å². The molecule has 1 saturated heterocycles. The number of nitrogens with one attached hydrogen (secondary N) is 2. The van der Waals surface area contributed by atoms with Crippen LogP contribution in [0.1, 0.15) is 39.0 Å². The average molecular weight is 346 g/mol. The van der Waals surface area contributed by atoms with Crippen LogP contribution in [0.15, 0.2) is 4.99 Å². The van der Waals surface area contributed by atoms with Crippen molar-refractivity contribution in [1.82, 2.24) is 15.5 Å². The first-order valence-electron chi connectivity index (χ1n) is 8.40. The van der Waals surface area contributed by atoms with E-state index in [0.29, 0.717) is 25.5 Å². The molecular formula is C15H30N4O3S. The van der Waals surface area contributed by atoms with Gasteiger partial charge in [0.25, 0.3) is 0 Å². The highest BCUT2D eigenvalue weighted by molar-refractivity contribution is 7.90. The predicted molar refractivity (Wildman–Crippen MR) is 93.4 cm³/mol.